The van der Waals surface area contributed by atoms with Crippen LogP contribution in [0.4, 0.5) is 0 Å². The third-order valence-electron chi connectivity index (χ3n) is 3.41. The number of hydrogen-bond donors (Lipinski definition) is 0. The Kier molecular flexibility index (Phi) is 3.83. The third-order valence-corrected chi connectivity index (χ3v) is 3.41. The summed E-state index contributed by atoms with van der Waals surface area (Å²) < 4.78 is 16.0. The number of fused-ring (bicyclic) bond motifs is 1. The first-order valence-electron chi connectivity index (χ1n) is 7.07. The van der Waals surface area contributed by atoms with E-state index < -0.39 is 5.97 Å². The largest absolute Gasteiger partial charge is 0.489 e. The fraction of sp³-hybridized carbons (Fsp3) is 0.167. The Bertz CT molecular complexity index is 803. The Balaban J connectivity index is 2.18. The smallest absolute Gasteiger partial charge is 0.377 e. The molecule has 112 valence electrons. The number of hydrogen-bond acceptors (Lipinski definition) is 4. The molecule has 0 atom stereocenters. The third kappa shape index (κ3) is 2.44. The summed E-state index contributed by atoms with van der Waals surface area (Å²) >= 11 is 0. The second-order valence-electron chi connectivity index (χ2n) is 4.76. The maximum Gasteiger partial charge on any atom is 0.377 e. The van der Waals surface area contributed by atoms with Gasteiger partial charge in [0.15, 0.2) is 5.75 Å². The molecule has 0 spiro atoms. The quantitative estimate of drug-likeness (QED) is 0.674. The van der Waals surface area contributed by atoms with Crippen LogP contribution >= 0.6 is 0 Å². The number of methoxy groups -OCH3 is 1. The topological polar surface area (TPSA) is 48.7 Å². The van der Waals surface area contributed by atoms with Gasteiger partial charge in [0.1, 0.15) is 5.58 Å². The first-order chi connectivity index (χ1) is 10.7. The van der Waals surface area contributed by atoms with E-state index in [1.54, 1.807) is 0 Å². The summed E-state index contributed by atoms with van der Waals surface area (Å²) in [6.07, 6.45) is 0. The lowest BCUT2D eigenvalue weighted by Crippen LogP contribution is -2.03. The van der Waals surface area contributed by atoms with Gasteiger partial charge in [0.25, 0.3) is 5.76 Å². The van der Waals surface area contributed by atoms with E-state index in [-0.39, 0.29) is 5.76 Å². The molecule has 0 bridgehead atoms. The fourth-order valence-electron chi connectivity index (χ4n) is 2.40. The van der Waals surface area contributed by atoms with Gasteiger partial charge < -0.3 is 13.9 Å². The first kappa shape index (κ1) is 14.2. The van der Waals surface area contributed by atoms with Gasteiger partial charge in [-0.15, -0.1) is 0 Å². The van der Waals surface area contributed by atoms with E-state index in [1.807, 2.05) is 55.5 Å². The molecule has 2 aromatic carbocycles. The van der Waals surface area contributed by atoms with E-state index >= 15 is 0 Å². The molecule has 0 aliphatic heterocycles. The Morgan fingerprint density at radius 3 is 2.55 bits per heavy atom. The number of furan rings is 1. The molecule has 3 aromatic rings. The van der Waals surface area contributed by atoms with Gasteiger partial charge in [-0.3, -0.25) is 0 Å². The van der Waals surface area contributed by atoms with Gasteiger partial charge >= 0.3 is 5.97 Å². The van der Waals surface area contributed by atoms with Crippen LogP contribution in [0, 0.1) is 0 Å². The minimum atomic E-state index is -0.541. The molecular weight excluding hydrogens is 280 g/mol. The van der Waals surface area contributed by atoms with E-state index in [0.29, 0.717) is 17.9 Å². The molecule has 0 unspecified atom stereocenters. The summed E-state index contributed by atoms with van der Waals surface area (Å²) in [5, 5.41) is 0.767. The predicted molar refractivity (Wildman–Crippen MR) is 84.2 cm³/mol. The van der Waals surface area contributed by atoms with Crippen LogP contribution in [0.15, 0.2) is 52.9 Å². The molecule has 0 aliphatic rings. The Morgan fingerprint density at radius 1 is 1.09 bits per heavy atom. The van der Waals surface area contributed by atoms with E-state index in [1.165, 1.54) is 7.11 Å². The van der Waals surface area contributed by atoms with Crippen molar-refractivity contribution < 1.29 is 18.7 Å². The van der Waals surface area contributed by atoms with Crippen molar-refractivity contribution in [2.45, 2.75) is 6.92 Å². The normalized spacial score (nSPS) is 10.6. The van der Waals surface area contributed by atoms with Gasteiger partial charge in [0.2, 0.25) is 0 Å². The van der Waals surface area contributed by atoms with Crippen molar-refractivity contribution in [1.82, 2.24) is 0 Å². The molecule has 4 nitrogen and oxygen atoms in total. The van der Waals surface area contributed by atoms with Crippen molar-refractivity contribution in [2.75, 3.05) is 13.7 Å². The highest BCUT2D eigenvalue weighted by Gasteiger charge is 2.23. The minimum absolute atomic E-state index is 0.101. The van der Waals surface area contributed by atoms with Crippen LogP contribution in [-0.4, -0.2) is 19.7 Å². The van der Waals surface area contributed by atoms with Gasteiger partial charge in [-0.1, -0.05) is 36.4 Å². The molecule has 0 amide bonds. The first-order valence-corrected chi connectivity index (χ1v) is 7.07. The van der Waals surface area contributed by atoms with Crippen LogP contribution in [0.1, 0.15) is 17.5 Å². The standard InChI is InChI=1S/C18H16O4/c1-3-21-16-14-11-13(12-7-5-4-6-8-12)9-10-15(14)22-17(16)18(19)20-2/h4-11H,3H2,1-2H3. The van der Waals surface area contributed by atoms with Crippen molar-refractivity contribution in [3.63, 3.8) is 0 Å². The molecular formula is C18H16O4. The van der Waals surface area contributed by atoms with Gasteiger partial charge in [-0.25, -0.2) is 4.79 Å². The zero-order valence-corrected chi connectivity index (χ0v) is 12.5. The molecule has 3 rings (SSSR count). The van der Waals surface area contributed by atoms with Crippen molar-refractivity contribution >= 4 is 16.9 Å². The SMILES string of the molecule is CCOc1c(C(=O)OC)oc2ccc(-c3ccccc3)cc12. The molecule has 22 heavy (non-hydrogen) atoms. The second kappa shape index (κ2) is 5.93. The maximum atomic E-state index is 11.8. The summed E-state index contributed by atoms with van der Waals surface area (Å²) in [5.74, 6) is -0.00685. The molecule has 1 heterocycles. The number of benzene rings is 2. The molecule has 0 N–H and O–H groups in total. The highest BCUT2D eigenvalue weighted by atomic mass is 16.5. The van der Waals surface area contributed by atoms with E-state index in [0.717, 1.165) is 16.5 Å². The number of carbonyl (C=O) groups is 1. The fourth-order valence-corrected chi connectivity index (χ4v) is 2.40. The number of ether oxygens (including phenoxy) is 2. The van der Waals surface area contributed by atoms with Crippen LogP contribution < -0.4 is 4.74 Å². The van der Waals surface area contributed by atoms with Gasteiger partial charge in [-0.2, -0.15) is 0 Å². The van der Waals surface area contributed by atoms with Crippen LogP contribution in [0.25, 0.3) is 22.1 Å². The summed E-state index contributed by atoms with van der Waals surface area (Å²) in [6.45, 7) is 2.30. The summed E-state index contributed by atoms with van der Waals surface area (Å²) in [4.78, 5) is 11.8. The minimum Gasteiger partial charge on any atom is -0.489 e. The van der Waals surface area contributed by atoms with E-state index in [4.69, 9.17) is 13.9 Å². The molecule has 1 aromatic heterocycles. The zero-order valence-electron chi connectivity index (χ0n) is 12.5. The van der Waals surface area contributed by atoms with Crippen molar-refractivity contribution in [3.8, 4) is 16.9 Å². The average Bonchev–Trinajstić information content (AvgIpc) is 2.93. The van der Waals surface area contributed by atoms with E-state index in [9.17, 15) is 4.79 Å². The van der Waals surface area contributed by atoms with Gasteiger partial charge in [-0.05, 0) is 30.2 Å². The summed E-state index contributed by atoms with van der Waals surface area (Å²) in [5.41, 5.74) is 2.72. The number of esters is 1. The molecule has 0 radical (unpaired) electrons. The highest BCUT2D eigenvalue weighted by molar-refractivity contribution is 6.00. The predicted octanol–water partition coefficient (Wildman–Crippen LogP) is 4.29. The molecule has 0 saturated heterocycles. The maximum absolute atomic E-state index is 11.8. The Hall–Kier alpha value is -2.75. The van der Waals surface area contributed by atoms with Crippen LogP contribution in [-0.2, 0) is 4.74 Å². The molecule has 0 fully saturated rings. The number of rotatable bonds is 4. The lowest BCUT2D eigenvalue weighted by Gasteiger charge is -2.04. The van der Waals surface area contributed by atoms with Crippen LogP contribution in [0.5, 0.6) is 5.75 Å². The lowest BCUT2D eigenvalue weighted by atomic mass is 10.0. The molecule has 0 saturated carbocycles. The molecule has 0 aliphatic carbocycles. The lowest BCUT2D eigenvalue weighted by molar-refractivity contribution is 0.0561. The van der Waals surface area contributed by atoms with Gasteiger partial charge in [0, 0.05) is 0 Å². The van der Waals surface area contributed by atoms with Crippen molar-refractivity contribution in [3.05, 3.63) is 54.3 Å². The summed E-state index contributed by atoms with van der Waals surface area (Å²) in [6, 6.07) is 15.8. The Labute approximate surface area is 128 Å². The Morgan fingerprint density at radius 2 is 1.86 bits per heavy atom. The second-order valence-corrected chi connectivity index (χ2v) is 4.76. The zero-order chi connectivity index (χ0) is 15.5. The van der Waals surface area contributed by atoms with Crippen molar-refractivity contribution in [2.24, 2.45) is 0 Å². The van der Waals surface area contributed by atoms with Crippen molar-refractivity contribution in [1.29, 1.82) is 0 Å². The highest BCUT2D eigenvalue weighted by Crippen LogP contribution is 2.36. The average molecular weight is 296 g/mol. The van der Waals surface area contributed by atoms with Crippen LogP contribution in [0.3, 0.4) is 0 Å². The monoisotopic (exact) mass is 296 g/mol. The summed E-state index contributed by atoms with van der Waals surface area (Å²) in [7, 11) is 1.32. The van der Waals surface area contributed by atoms with Gasteiger partial charge in [0.05, 0.1) is 19.1 Å². The van der Waals surface area contributed by atoms with Crippen LogP contribution in [0.2, 0.25) is 0 Å². The molecule has 4 heteroatoms. The number of carbonyl (C=O) groups excluding carboxylic acids is 1. The van der Waals surface area contributed by atoms with E-state index in [2.05, 4.69) is 0 Å².